The second-order valence-electron chi connectivity index (χ2n) is 8.51. The average molecular weight is 451 g/mol. The number of guanidine groups is 1. The van der Waals surface area contributed by atoms with E-state index in [1.807, 2.05) is 6.92 Å². The largest absolute Gasteiger partial charge is 0.394 e. The SMILES string of the molecule is CC(=NC1(CO)CC1)N=C(NC1=CS(=O)CC1)N1CCC(c2ccc(F)cc2F)CC1. The van der Waals surface area contributed by atoms with E-state index in [1.54, 1.807) is 5.41 Å². The van der Waals surface area contributed by atoms with Crippen molar-refractivity contribution in [3.63, 3.8) is 0 Å². The average Bonchev–Trinajstić information content (AvgIpc) is 3.39. The third kappa shape index (κ3) is 5.38. The Morgan fingerprint density at radius 1 is 1.32 bits per heavy atom. The quantitative estimate of drug-likeness (QED) is 0.546. The van der Waals surface area contributed by atoms with Crippen molar-refractivity contribution in [1.82, 2.24) is 10.2 Å². The van der Waals surface area contributed by atoms with Gasteiger partial charge >= 0.3 is 0 Å². The van der Waals surface area contributed by atoms with Crippen LogP contribution in [-0.4, -0.2) is 57.0 Å². The molecule has 0 spiro atoms. The number of hydrogen-bond donors (Lipinski definition) is 2. The lowest BCUT2D eigenvalue weighted by Crippen LogP contribution is -2.45. The highest BCUT2D eigenvalue weighted by Gasteiger charge is 2.42. The Hall–Kier alpha value is -2.13. The van der Waals surface area contributed by atoms with Crippen LogP contribution in [0.4, 0.5) is 8.78 Å². The van der Waals surface area contributed by atoms with Crippen LogP contribution in [0.15, 0.2) is 39.3 Å². The van der Waals surface area contributed by atoms with E-state index in [0.717, 1.165) is 24.6 Å². The summed E-state index contributed by atoms with van der Waals surface area (Å²) in [6.07, 6.45) is 3.84. The van der Waals surface area contributed by atoms with Crippen molar-refractivity contribution in [3.8, 4) is 0 Å². The number of aliphatic imine (C=N–C) groups is 2. The van der Waals surface area contributed by atoms with Crippen LogP contribution >= 0.6 is 0 Å². The van der Waals surface area contributed by atoms with Gasteiger partial charge in [-0.3, -0.25) is 9.20 Å². The predicted octanol–water partition coefficient (Wildman–Crippen LogP) is 3.03. The van der Waals surface area contributed by atoms with E-state index in [9.17, 15) is 18.1 Å². The Balaban J connectivity index is 1.50. The number of aliphatic hydroxyl groups excluding tert-OH is 1. The van der Waals surface area contributed by atoms with Crippen molar-refractivity contribution in [2.24, 2.45) is 9.98 Å². The molecular weight excluding hydrogens is 422 g/mol. The summed E-state index contributed by atoms with van der Waals surface area (Å²) in [6, 6.07) is 3.79. The van der Waals surface area contributed by atoms with Gasteiger partial charge in [-0.25, -0.2) is 13.8 Å². The molecule has 0 amide bonds. The standard InChI is InChI=1S/C22H28F2N4O2S/c1-15(27-22(14-29)7-8-22)25-21(26-18-6-11-31(30)13-18)28-9-4-16(5-10-28)19-3-2-17(23)12-20(19)24/h2-3,12-13,16,29H,4-11,14H2,1H3,(H,25,26,27). The molecule has 1 saturated carbocycles. The monoisotopic (exact) mass is 450 g/mol. The maximum absolute atomic E-state index is 14.2. The van der Waals surface area contributed by atoms with E-state index >= 15 is 0 Å². The lowest BCUT2D eigenvalue weighted by atomic mass is 9.89. The van der Waals surface area contributed by atoms with Gasteiger partial charge in [0.1, 0.15) is 17.5 Å². The summed E-state index contributed by atoms with van der Waals surface area (Å²) in [5, 5.41) is 14.6. The zero-order valence-corrected chi connectivity index (χ0v) is 18.4. The molecular formula is C22H28F2N4O2S. The fraction of sp³-hybridized carbons (Fsp3) is 0.545. The number of benzene rings is 1. The van der Waals surface area contributed by atoms with Gasteiger partial charge in [0.2, 0.25) is 5.96 Å². The minimum absolute atomic E-state index is 0.0153. The van der Waals surface area contributed by atoms with Crippen molar-refractivity contribution in [3.05, 3.63) is 46.5 Å². The van der Waals surface area contributed by atoms with Crippen LogP contribution in [0.1, 0.15) is 50.5 Å². The van der Waals surface area contributed by atoms with Gasteiger partial charge in [0.05, 0.1) is 12.1 Å². The minimum atomic E-state index is -0.963. The van der Waals surface area contributed by atoms with Crippen LogP contribution in [0, 0.1) is 11.6 Å². The van der Waals surface area contributed by atoms with E-state index in [-0.39, 0.29) is 18.1 Å². The number of likely N-dealkylation sites (tertiary alicyclic amines) is 1. The number of amidine groups is 1. The van der Waals surface area contributed by atoms with Gasteiger partial charge in [0.15, 0.2) is 0 Å². The second-order valence-corrected chi connectivity index (χ2v) is 9.91. The molecule has 1 saturated heterocycles. The molecule has 3 aliphatic rings. The number of nitrogens with zero attached hydrogens (tertiary/aromatic N) is 3. The highest BCUT2D eigenvalue weighted by atomic mass is 32.2. The van der Waals surface area contributed by atoms with E-state index < -0.39 is 22.4 Å². The molecule has 4 rings (SSSR count). The summed E-state index contributed by atoms with van der Waals surface area (Å²) in [4.78, 5) is 11.4. The van der Waals surface area contributed by atoms with Crippen LogP contribution in [0.2, 0.25) is 0 Å². The number of allylic oxidation sites excluding steroid dienone is 1. The molecule has 1 unspecified atom stereocenters. The number of hydrogen-bond acceptors (Lipinski definition) is 3. The molecule has 168 valence electrons. The molecule has 2 aliphatic heterocycles. The first-order valence-electron chi connectivity index (χ1n) is 10.7. The maximum atomic E-state index is 14.2. The molecule has 6 nitrogen and oxygen atoms in total. The van der Waals surface area contributed by atoms with Crippen LogP contribution < -0.4 is 5.32 Å². The minimum Gasteiger partial charge on any atom is -0.394 e. The lowest BCUT2D eigenvalue weighted by Gasteiger charge is -2.34. The Labute approximate surface area is 183 Å². The summed E-state index contributed by atoms with van der Waals surface area (Å²) >= 11 is 0. The normalized spacial score (nSPS) is 24.3. The van der Waals surface area contributed by atoms with E-state index in [4.69, 9.17) is 4.99 Å². The summed E-state index contributed by atoms with van der Waals surface area (Å²) in [6.45, 7) is 3.14. The van der Waals surface area contributed by atoms with Gasteiger partial charge in [0.25, 0.3) is 0 Å². The molecule has 2 N–H and O–H groups in total. The molecule has 9 heteroatoms. The highest BCUT2D eigenvalue weighted by Crippen LogP contribution is 2.39. The smallest absolute Gasteiger partial charge is 0.204 e. The molecule has 1 aromatic carbocycles. The topological polar surface area (TPSA) is 77.3 Å². The molecule has 2 heterocycles. The molecule has 0 aromatic heterocycles. The zero-order valence-electron chi connectivity index (χ0n) is 17.6. The highest BCUT2D eigenvalue weighted by molar-refractivity contribution is 7.88. The lowest BCUT2D eigenvalue weighted by molar-refractivity contribution is 0.257. The Morgan fingerprint density at radius 2 is 2.06 bits per heavy atom. The Bertz CT molecular complexity index is 951. The molecule has 1 aromatic rings. The number of aliphatic hydroxyl groups is 1. The first kappa shape index (κ1) is 22.1. The first-order valence-corrected chi connectivity index (χ1v) is 12.1. The van der Waals surface area contributed by atoms with Crippen molar-refractivity contribution in [1.29, 1.82) is 0 Å². The van der Waals surface area contributed by atoms with Crippen molar-refractivity contribution >= 4 is 22.6 Å². The van der Waals surface area contributed by atoms with Gasteiger partial charge in [0, 0.05) is 53.2 Å². The number of piperidine rings is 1. The Morgan fingerprint density at radius 3 is 2.65 bits per heavy atom. The van der Waals surface area contributed by atoms with Crippen molar-refractivity contribution < 1.29 is 18.1 Å². The van der Waals surface area contributed by atoms with E-state index in [0.29, 0.717) is 55.5 Å². The van der Waals surface area contributed by atoms with Crippen molar-refractivity contribution in [2.75, 3.05) is 25.4 Å². The van der Waals surface area contributed by atoms with Crippen LogP contribution in [0.25, 0.3) is 0 Å². The van der Waals surface area contributed by atoms with E-state index in [1.165, 1.54) is 12.1 Å². The van der Waals surface area contributed by atoms with Gasteiger partial charge in [-0.15, -0.1) is 0 Å². The van der Waals surface area contributed by atoms with Crippen molar-refractivity contribution in [2.45, 2.75) is 50.5 Å². The second kappa shape index (κ2) is 9.16. The molecule has 1 atom stereocenters. The third-order valence-corrected chi connectivity index (χ3v) is 7.26. The van der Waals surface area contributed by atoms with Crippen LogP contribution in [0.3, 0.4) is 0 Å². The third-order valence-electron chi connectivity index (χ3n) is 6.10. The summed E-state index contributed by atoms with van der Waals surface area (Å²) in [5.41, 5.74) is 1.04. The summed E-state index contributed by atoms with van der Waals surface area (Å²) in [5.74, 6) is 0.785. The van der Waals surface area contributed by atoms with Crippen LogP contribution in [-0.2, 0) is 10.8 Å². The molecule has 31 heavy (non-hydrogen) atoms. The van der Waals surface area contributed by atoms with Gasteiger partial charge < -0.3 is 15.3 Å². The van der Waals surface area contributed by atoms with Crippen LogP contribution in [0.5, 0.6) is 0 Å². The molecule has 2 fully saturated rings. The number of rotatable bonds is 4. The molecule has 0 radical (unpaired) electrons. The molecule has 0 bridgehead atoms. The first-order chi connectivity index (χ1) is 14.9. The number of halogens is 2. The zero-order chi connectivity index (χ0) is 22.0. The fourth-order valence-corrected chi connectivity index (χ4v) is 5.14. The summed E-state index contributed by atoms with van der Waals surface area (Å²) < 4.78 is 39.2. The number of nitrogens with one attached hydrogen (secondary N) is 1. The summed E-state index contributed by atoms with van der Waals surface area (Å²) in [7, 11) is -0.963. The fourth-order valence-electron chi connectivity index (χ4n) is 4.11. The van der Waals surface area contributed by atoms with Gasteiger partial charge in [-0.2, -0.15) is 0 Å². The Kier molecular flexibility index (Phi) is 6.52. The van der Waals surface area contributed by atoms with E-state index in [2.05, 4.69) is 15.2 Å². The molecule has 1 aliphatic carbocycles. The maximum Gasteiger partial charge on any atom is 0.204 e. The predicted molar refractivity (Wildman–Crippen MR) is 118 cm³/mol. The van der Waals surface area contributed by atoms with Gasteiger partial charge in [-0.05, 0) is 50.2 Å². The van der Waals surface area contributed by atoms with Gasteiger partial charge in [-0.1, -0.05) is 6.07 Å².